The van der Waals surface area contributed by atoms with Crippen molar-refractivity contribution in [3.63, 3.8) is 0 Å². The second-order valence-electron chi connectivity index (χ2n) is 4.15. The molecule has 6 heteroatoms. The van der Waals surface area contributed by atoms with Gasteiger partial charge in [-0.1, -0.05) is 0 Å². The summed E-state index contributed by atoms with van der Waals surface area (Å²) >= 11 is 3.07. The van der Waals surface area contributed by atoms with Crippen molar-refractivity contribution in [1.29, 1.82) is 0 Å². The summed E-state index contributed by atoms with van der Waals surface area (Å²) < 4.78 is 23.8. The van der Waals surface area contributed by atoms with E-state index in [1.54, 1.807) is 18.2 Å². The van der Waals surface area contributed by atoms with Crippen LogP contribution in [-0.2, 0) is 0 Å². The van der Waals surface area contributed by atoms with Gasteiger partial charge in [0.05, 0.1) is 4.47 Å². The van der Waals surface area contributed by atoms with Gasteiger partial charge in [-0.05, 0) is 52.3 Å². The molecule has 0 fully saturated rings. The molecule has 0 spiro atoms. The lowest BCUT2D eigenvalue weighted by molar-refractivity contribution is 0.102. The highest BCUT2D eigenvalue weighted by molar-refractivity contribution is 9.10. The molecular weight excluding hydrogens is 329 g/mol. The molecule has 1 heterocycles. The van der Waals surface area contributed by atoms with E-state index in [1.165, 1.54) is 18.2 Å². The lowest BCUT2D eigenvalue weighted by Gasteiger charge is -2.06. The average Bonchev–Trinajstić information content (AvgIpc) is 2.90. The first-order chi connectivity index (χ1) is 9.63. The zero-order valence-electron chi connectivity index (χ0n) is 10.2. The third kappa shape index (κ3) is 2.46. The highest BCUT2D eigenvalue weighted by Crippen LogP contribution is 2.32. The summed E-state index contributed by atoms with van der Waals surface area (Å²) in [6.07, 6.45) is 0. The molecule has 102 valence electrons. The minimum Gasteiger partial charge on any atom is -0.454 e. The summed E-state index contributed by atoms with van der Waals surface area (Å²) in [6.45, 7) is 0.158. The van der Waals surface area contributed by atoms with Crippen molar-refractivity contribution in [2.75, 3.05) is 12.1 Å². The minimum atomic E-state index is -0.383. The molecule has 0 aliphatic carbocycles. The molecule has 1 aliphatic heterocycles. The molecule has 0 saturated heterocycles. The largest absolute Gasteiger partial charge is 0.454 e. The van der Waals surface area contributed by atoms with Crippen LogP contribution in [0, 0.1) is 5.82 Å². The maximum Gasteiger partial charge on any atom is 0.255 e. The Kier molecular flexibility index (Phi) is 3.31. The van der Waals surface area contributed by atoms with Gasteiger partial charge in [0.25, 0.3) is 5.91 Å². The first-order valence-electron chi connectivity index (χ1n) is 5.79. The van der Waals surface area contributed by atoms with E-state index in [1.807, 2.05) is 0 Å². The Morgan fingerprint density at radius 2 is 1.95 bits per heavy atom. The van der Waals surface area contributed by atoms with E-state index in [2.05, 4.69) is 21.2 Å². The van der Waals surface area contributed by atoms with Crippen molar-refractivity contribution in [2.24, 2.45) is 0 Å². The zero-order chi connectivity index (χ0) is 14.1. The highest BCUT2D eigenvalue weighted by Gasteiger charge is 2.16. The number of hydrogen-bond donors (Lipinski definition) is 1. The molecule has 3 rings (SSSR count). The lowest BCUT2D eigenvalue weighted by Crippen LogP contribution is -2.11. The van der Waals surface area contributed by atoms with E-state index in [9.17, 15) is 9.18 Å². The van der Waals surface area contributed by atoms with Crippen LogP contribution in [0.2, 0.25) is 0 Å². The number of amides is 1. The molecule has 1 amide bonds. The van der Waals surface area contributed by atoms with Crippen LogP contribution >= 0.6 is 15.9 Å². The molecular formula is C14H9BrFNO3. The summed E-state index contributed by atoms with van der Waals surface area (Å²) in [7, 11) is 0. The molecule has 1 N–H and O–H groups in total. The van der Waals surface area contributed by atoms with E-state index in [4.69, 9.17) is 9.47 Å². The first kappa shape index (κ1) is 12.9. The van der Waals surface area contributed by atoms with Crippen LogP contribution in [0.15, 0.2) is 40.9 Å². The van der Waals surface area contributed by atoms with Gasteiger partial charge in [0.1, 0.15) is 5.82 Å². The number of carbonyl (C=O) groups is 1. The Labute approximate surface area is 122 Å². The number of carbonyl (C=O) groups excluding carboxylic acids is 1. The van der Waals surface area contributed by atoms with E-state index < -0.39 is 0 Å². The Hall–Kier alpha value is -2.08. The summed E-state index contributed by atoms with van der Waals surface area (Å²) in [4.78, 5) is 12.1. The molecule has 4 nitrogen and oxygen atoms in total. The van der Waals surface area contributed by atoms with Gasteiger partial charge in [-0.25, -0.2) is 4.39 Å². The fraction of sp³-hybridized carbons (Fsp3) is 0.0714. The SMILES string of the molecule is O=C(Nc1ccc(F)c(Br)c1)c1ccc2c(c1)OCO2. The third-order valence-electron chi connectivity index (χ3n) is 2.81. The van der Waals surface area contributed by atoms with Gasteiger partial charge in [0.15, 0.2) is 11.5 Å². The molecule has 2 aromatic carbocycles. The van der Waals surface area contributed by atoms with Crippen LogP contribution in [0.1, 0.15) is 10.4 Å². The molecule has 0 aromatic heterocycles. The van der Waals surface area contributed by atoms with Crippen LogP contribution in [0.25, 0.3) is 0 Å². The van der Waals surface area contributed by atoms with Crippen molar-refractivity contribution in [3.8, 4) is 11.5 Å². The minimum absolute atomic E-state index is 0.158. The molecule has 0 saturated carbocycles. The van der Waals surface area contributed by atoms with Gasteiger partial charge in [-0.2, -0.15) is 0 Å². The molecule has 20 heavy (non-hydrogen) atoms. The van der Waals surface area contributed by atoms with E-state index >= 15 is 0 Å². The predicted molar refractivity (Wildman–Crippen MR) is 74.6 cm³/mol. The maximum absolute atomic E-state index is 13.1. The molecule has 1 aliphatic rings. The van der Waals surface area contributed by atoms with Crippen molar-refractivity contribution < 1.29 is 18.7 Å². The van der Waals surface area contributed by atoms with Crippen LogP contribution in [0.5, 0.6) is 11.5 Å². The quantitative estimate of drug-likeness (QED) is 0.911. The predicted octanol–water partition coefficient (Wildman–Crippen LogP) is 3.57. The Morgan fingerprint density at radius 3 is 2.75 bits per heavy atom. The first-order valence-corrected chi connectivity index (χ1v) is 6.59. The van der Waals surface area contributed by atoms with Gasteiger partial charge in [-0.3, -0.25) is 4.79 Å². The molecule has 0 bridgehead atoms. The molecule has 0 unspecified atom stereocenters. The van der Waals surface area contributed by atoms with Crippen molar-refractivity contribution in [1.82, 2.24) is 0 Å². The fourth-order valence-corrected chi connectivity index (χ4v) is 2.19. The normalized spacial score (nSPS) is 12.3. The number of anilines is 1. The zero-order valence-corrected chi connectivity index (χ0v) is 11.7. The summed E-state index contributed by atoms with van der Waals surface area (Å²) in [6, 6.07) is 9.19. The number of ether oxygens (including phenoxy) is 2. The van der Waals surface area contributed by atoms with Gasteiger partial charge in [0.2, 0.25) is 6.79 Å². The van der Waals surface area contributed by atoms with Crippen LogP contribution in [0.4, 0.5) is 10.1 Å². The van der Waals surface area contributed by atoms with Gasteiger partial charge in [-0.15, -0.1) is 0 Å². The van der Waals surface area contributed by atoms with Gasteiger partial charge in [0, 0.05) is 11.3 Å². The third-order valence-corrected chi connectivity index (χ3v) is 3.42. The summed E-state index contributed by atoms with van der Waals surface area (Å²) in [5.41, 5.74) is 0.940. The second kappa shape index (κ2) is 5.13. The Morgan fingerprint density at radius 1 is 1.15 bits per heavy atom. The highest BCUT2D eigenvalue weighted by atomic mass is 79.9. The van der Waals surface area contributed by atoms with Crippen molar-refractivity contribution >= 4 is 27.5 Å². The Balaban J connectivity index is 1.80. The lowest BCUT2D eigenvalue weighted by atomic mass is 10.2. The number of fused-ring (bicyclic) bond motifs is 1. The maximum atomic E-state index is 13.1. The fourth-order valence-electron chi connectivity index (χ4n) is 1.81. The monoisotopic (exact) mass is 337 g/mol. The molecule has 0 atom stereocenters. The number of benzene rings is 2. The average molecular weight is 338 g/mol. The number of halogens is 2. The standard InChI is InChI=1S/C14H9BrFNO3/c15-10-6-9(2-3-11(10)16)17-14(18)8-1-4-12-13(5-8)20-7-19-12/h1-6H,7H2,(H,17,18). The topological polar surface area (TPSA) is 47.6 Å². The summed E-state index contributed by atoms with van der Waals surface area (Å²) in [5, 5.41) is 2.69. The van der Waals surface area contributed by atoms with Crippen molar-refractivity contribution in [2.45, 2.75) is 0 Å². The Bertz CT molecular complexity index is 690. The van der Waals surface area contributed by atoms with E-state index in [0.717, 1.165) is 0 Å². The van der Waals surface area contributed by atoms with E-state index in [0.29, 0.717) is 27.2 Å². The summed E-state index contributed by atoms with van der Waals surface area (Å²) in [5.74, 6) is 0.469. The van der Waals surface area contributed by atoms with Gasteiger partial charge >= 0.3 is 0 Å². The van der Waals surface area contributed by atoms with E-state index in [-0.39, 0.29) is 18.5 Å². The van der Waals surface area contributed by atoms with Crippen LogP contribution in [0.3, 0.4) is 0 Å². The van der Waals surface area contributed by atoms with Crippen LogP contribution < -0.4 is 14.8 Å². The smallest absolute Gasteiger partial charge is 0.255 e. The van der Waals surface area contributed by atoms with Crippen molar-refractivity contribution in [3.05, 3.63) is 52.3 Å². The second-order valence-corrected chi connectivity index (χ2v) is 5.01. The number of rotatable bonds is 2. The van der Waals surface area contributed by atoms with Gasteiger partial charge < -0.3 is 14.8 Å². The van der Waals surface area contributed by atoms with Crippen LogP contribution in [-0.4, -0.2) is 12.7 Å². The molecule has 0 radical (unpaired) electrons. The number of hydrogen-bond acceptors (Lipinski definition) is 3. The molecule has 2 aromatic rings. The number of nitrogens with one attached hydrogen (secondary N) is 1.